The molecule has 1 fully saturated rings. The second-order valence-electron chi connectivity index (χ2n) is 6.60. The number of hydrogen-bond acceptors (Lipinski definition) is 3. The molecule has 0 amide bonds. The summed E-state index contributed by atoms with van der Waals surface area (Å²) in [7, 11) is 0. The van der Waals surface area contributed by atoms with Gasteiger partial charge in [0, 0.05) is 24.2 Å². The molecule has 0 aromatic rings. The van der Waals surface area contributed by atoms with E-state index in [0.717, 1.165) is 18.9 Å². The molecule has 0 radical (unpaired) electrons. The topological polar surface area (TPSA) is 35.5 Å². The maximum atomic E-state index is 9.65. The zero-order valence-electron chi connectivity index (χ0n) is 12.9. The molecule has 0 saturated heterocycles. The molecular formula is C15H32N2O. The molecule has 3 heteroatoms. The first-order valence-corrected chi connectivity index (χ1v) is 7.52. The first-order chi connectivity index (χ1) is 8.40. The fourth-order valence-electron chi connectivity index (χ4n) is 2.90. The van der Waals surface area contributed by atoms with E-state index < -0.39 is 0 Å². The highest BCUT2D eigenvalue weighted by molar-refractivity contribution is 4.89. The summed E-state index contributed by atoms with van der Waals surface area (Å²) in [4.78, 5) is 2.56. The lowest BCUT2D eigenvalue weighted by Crippen LogP contribution is -2.53. The Morgan fingerprint density at radius 3 is 2.33 bits per heavy atom. The Balaban J connectivity index is 2.49. The van der Waals surface area contributed by atoms with Crippen molar-refractivity contribution in [3.8, 4) is 0 Å². The molecule has 0 bridgehead atoms. The van der Waals surface area contributed by atoms with Crippen LogP contribution in [0.4, 0.5) is 0 Å². The summed E-state index contributed by atoms with van der Waals surface area (Å²) in [5, 5.41) is 13.2. The molecule has 1 aliphatic rings. The monoisotopic (exact) mass is 256 g/mol. The molecule has 0 aromatic carbocycles. The molecule has 18 heavy (non-hydrogen) atoms. The van der Waals surface area contributed by atoms with Gasteiger partial charge in [0.05, 0.1) is 6.61 Å². The lowest BCUT2D eigenvalue weighted by atomic mass is 9.92. The van der Waals surface area contributed by atoms with Crippen LogP contribution in [0, 0.1) is 5.92 Å². The average molecular weight is 256 g/mol. The van der Waals surface area contributed by atoms with Crippen molar-refractivity contribution in [3.63, 3.8) is 0 Å². The fourth-order valence-corrected chi connectivity index (χ4v) is 2.90. The minimum Gasteiger partial charge on any atom is -0.394 e. The number of nitrogens with zero attached hydrogens (tertiary/aromatic N) is 1. The summed E-state index contributed by atoms with van der Waals surface area (Å²) in [5.74, 6) is 0.936. The summed E-state index contributed by atoms with van der Waals surface area (Å²) < 4.78 is 0. The SMILES string of the molecule is CCN(CC1CC1)C(C)CC(C)(CO)NC(C)C. The van der Waals surface area contributed by atoms with Gasteiger partial charge in [-0.1, -0.05) is 20.8 Å². The summed E-state index contributed by atoms with van der Waals surface area (Å²) in [6.45, 7) is 13.5. The van der Waals surface area contributed by atoms with Crippen LogP contribution in [0.5, 0.6) is 0 Å². The first-order valence-electron chi connectivity index (χ1n) is 7.52. The molecule has 2 unspecified atom stereocenters. The average Bonchev–Trinajstić information content (AvgIpc) is 3.08. The van der Waals surface area contributed by atoms with E-state index in [9.17, 15) is 5.11 Å². The molecule has 2 atom stereocenters. The third kappa shape index (κ3) is 5.25. The quantitative estimate of drug-likeness (QED) is 0.664. The molecule has 3 nitrogen and oxygen atoms in total. The van der Waals surface area contributed by atoms with E-state index in [1.807, 2.05) is 0 Å². The molecule has 1 aliphatic carbocycles. The summed E-state index contributed by atoms with van der Waals surface area (Å²) >= 11 is 0. The second-order valence-corrected chi connectivity index (χ2v) is 6.60. The predicted octanol–water partition coefficient (Wildman–Crippen LogP) is 2.25. The number of rotatable bonds is 9. The standard InChI is InChI=1S/C15H32N2O/c1-6-17(10-14-7-8-14)13(4)9-15(5,11-18)16-12(2)3/h12-14,16,18H,6-11H2,1-5H3. The van der Waals surface area contributed by atoms with Crippen molar-refractivity contribution in [2.45, 2.75) is 71.5 Å². The predicted molar refractivity (Wildman–Crippen MR) is 77.8 cm³/mol. The Hall–Kier alpha value is -0.120. The zero-order chi connectivity index (χ0) is 13.8. The zero-order valence-corrected chi connectivity index (χ0v) is 12.9. The molecule has 1 saturated carbocycles. The van der Waals surface area contributed by atoms with Crippen LogP contribution in [0.3, 0.4) is 0 Å². The van der Waals surface area contributed by atoms with Crippen LogP contribution in [0.1, 0.15) is 53.9 Å². The minimum atomic E-state index is -0.162. The van der Waals surface area contributed by atoms with Crippen LogP contribution >= 0.6 is 0 Å². The highest BCUT2D eigenvalue weighted by Gasteiger charge is 2.31. The van der Waals surface area contributed by atoms with E-state index >= 15 is 0 Å². The van der Waals surface area contributed by atoms with Gasteiger partial charge in [0.15, 0.2) is 0 Å². The van der Waals surface area contributed by atoms with Crippen molar-refractivity contribution < 1.29 is 5.11 Å². The Bertz CT molecular complexity index is 241. The van der Waals surface area contributed by atoms with Gasteiger partial charge < -0.3 is 15.3 Å². The molecule has 0 spiro atoms. The van der Waals surface area contributed by atoms with Gasteiger partial charge in [-0.05, 0) is 45.6 Å². The number of aliphatic hydroxyl groups is 1. The fraction of sp³-hybridized carbons (Fsp3) is 1.00. The van der Waals surface area contributed by atoms with Crippen molar-refractivity contribution in [2.75, 3.05) is 19.7 Å². The summed E-state index contributed by atoms with van der Waals surface area (Å²) in [5.41, 5.74) is -0.162. The van der Waals surface area contributed by atoms with Gasteiger partial charge in [-0.3, -0.25) is 0 Å². The van der Waals surface area contributed by atoms with Crippen molar-refractivity contribution in [1.82, 2.24) is 10.2 Å². The van der Waals surface area contributed by atoms with Crippen LogP contribution in [-0.2, 0) is 0 Å². The Kier molecular flexibility index (Phi) is 6.09. The van der Waals surface area contributed by atoms with Gasteiger partial charge in [0.1, 0.15) is 0 Å². The van der Waals surface area contributed by atoms with Crippen molar-refractivity contribution in [1.29, 1.82) is 0 Å². The molecule has 2 N–H and O–H groups in total. The first kappa shape index (κ1) is 15.9. The maximum absolute atomic E-state index is 9.65. The molecule has 0 aromatic heterocycles. The molecular weight excluding hydrogens is 224 g/mol. The number of nitrogens with one attached hydrogen (secondary N) is 1. The van der Waals surface area contributed by atoms with Crippen LogP contribution in [0.2, 0.25) is 0 Å². The Morgan fingerprint density at radius 2 is 1.94 bits per heavy atom. The normalized spacial score (nSPS) is 21.3. The summed E-state index contributed by atoms with van der Waals surface area (Å²) in [6.07, 6.45) is 3.82. The largest absolute Gasteiger partial charge is 0.394 e. The van der Waals surface area contributed by atoms with Gasteiger partial charge in [-0.15, -0.1) is 0 Å². The highest BCUT2D eigenvalue weighted by atomic mass is 16.3. The van der Waals surface area contributed by atoms with E-state index in [1.165, 1.54) is 19.4 Å². The van der Waals surface area contributed by atoms with Crippen LogP contribution < -0.4 is 5.32 Å². The van der Waals surface area contributed by atoms with Crippen molar-refractivity contribution >= 4 is 0 Å². The second kappa shape index (κ2) is 6.88. The van der Waals surface area contributed by atoms with Crippen LogP contribution in [0.25, 0.3) is 0 Å². The smallest absolute Gasteiger partial charge is 0.0611 e. The van der Waals surface area contributed by atoms with Crippen LogP contribution in [0.15, 0.2) is 0 Å². The molecule has 108 valence electrons. The van der Waals surface area contributed by atoms with Gasteiger partial charge in [0.25, 0.3) is 0 Å². The number of aliphatic hydroxyl groups excluding tert-OH is 1. The lowest BCUT2D eigenvalue weighted by Gasteiger charge is -2.37. The highest BCUT2D eigenvalue weighted by Crippen LogP contribution is 2.31. The minimum absolute atomic E-state index is 0.162. The van der Waals surface area contributed by atoms with Crippen molar-refractivity contribution in [3.05, 3.63) is 0 Å². The maximum Gasteiger partial charge on any atom is 0.0611 e. The van der Waals surface area contributed by atoms with Gasteiger partial charge in [-0.25, -0.2) is 0 Å². The Morgan fingerprint density at radius 1 is 1.33 bits per heavy atom. The van der Waals surface area contributed by atoms with E-state index in [1.54, 1.807) is 0 Å². The van der Waals surface area contributed by atoms with E-state index in [-0.39, 0.29) is 12.1 Å². The molecule has 1 rings (SSSR count). The third-order valence-electron chi connectivity index (χ3n) is 3.95. The Labute approximate surface area is 113 Å². The summed E-state index contributed by atoms with van der Waals surface area (Å²) in [6, 6.07) is 0.937. The lowest BCUT2D eigenvalue weighted by molar-refractivity contribution is 0.109. The number of hydrogen-bond donors (Lipinski definition) is 2. The third-order valence-corrected chi connectivity index (χ3v) is 3.95. The van der Waals surface area contributed by atoms with Crippen molar-refractivity contribution in [2.24, 2.45) is 5.92 Å². The van der Waals surface area contributed by atoms with Crippen LogP contribution in [-0.4, -0.2) is 47.3 Å². The van der Waals surface area contributed by atoms with Gasteiger partial charge in [-0.2, -0.15) is 0 Å². The molecule has 0 aliphatic heterocycles. The van der Waals surface area contributed by atoms with E-state index in [2.05, 4.69) is 44.8 Å². The van der Waals surface area contributed by atoms with E-state index in [0.29, 0.717) is 12.1 Å². The van der Waals surface area contributed by atoms with Gasteiger partial charge in [0.2, 0.25) is 0 Å². The molecule has 0 heterocycles. The van der Waals surface area contributed by atoms with E-state index in [4.69, 9.17) is 0 Å². The van der Waals surface area contributed by atoms with Gasteiger partial charge >= 0.3 is 0 Å².